The van der Waals surface area contributed by atoms with Crippen molar-refractivity contribution in [3.8, 4) is 5.75 Å². The van der Waals surface area contributed by atoms with E-state index in [1.54, 1.807) is 17.0 Å². The van der Waals surface area contributed by atoms with Crippen LogP contribution < -0.4 is 20.8 Å². The summed E-state index contributed by atoms with van der Waals surface area (Å²) in [6.45, 7) is 2.58. The van der Waals surface area contributed by atoms with Crippen molar-refractivity contribution in [3.63, 3.8) is 0 Å². The van der Waals surface area contributed by atoms with Crippen LogP contribution in [0.5, 0.6) is 5.75 Å². The second-order valence-electron chi connectivity index (χ2n) is 7.87. The average Bonchev–Trinajstić information content (AvgIpc) is 3.11. The van der Waals surface area contributed by atoms with E-state index in [1.807, 2.05) is 4.90 Å². The van der Waals surface area contributed by atoms with Gasteiger partial charge in [-0.15, -0.1) is 0 Å². The van der Waals surface area contributed by atoms with Crippen LogP contribution in [-0.2, 0) is 22.7 Å². The van der Waals surface area contributed by atoms with E-state index in [1.165, 1.54) is 24.5 Å². The van der Waals surface area contributed by atoms with E-state index >= 15 is 0 Å². The number of nitrogens with one attached hydrogen (secondary N) is 2. The lowest BCUT2D eigenvalue weighted by molar-refractivity contribution is -0.135. The number of halogens is 1. The summed E-state index contributed by atoms with van der Waals surface area (Å²) < 4.78 is 24.0. The quantitative estimate of drug-likeness (QED) is 0.583. The van der Waals surface area contributed by atoms with Crippen LogP contribution in [0.25, 0.3) is 0 Å². The zero-order chi connectivity index (χ0) is 23.4. The molecule has 11 heteroatoms. The van der Waals surface area contributed by atoms with Crippen molar-refractivity contribution in [1.82, 2.24) is 20.4 Å². The zero-order valence-corrected chi connectivity index (χ0v) is 17.7. The predicted molar refractivity (Wildman–Crippen MR) is 113 cm³/mol. The minimum Gasteiger partial charge on any atom is -0.482 e. The lowest BCUT2D eigenvalue weighted by Gasteiger charge is -2.34. The topological polar surface area (TPSA) is 121 Å². The molecule has 0 bridgehead atoms. The molecule has 2 aromatic rings. The van der Waals surface area contributed by atoms with Gasteiger partial charge in [-0.25, -0.2) is 9.18 Å². The first-order valence-electron chi connectivity index (χ1n) is 10.5. The van der Waals surface area contributed by atoms with Gasteiger partial charge in [0.2, 0.25) is 17.1 Å². The van der Waals surface area contributed by atoms with Crippen LogP contribution in [0, 0.1) is 5.82 Å². The third-order valence-corrected chi connectivity index (χ3v) is 5.50. The molecule has 1 aromatic carbocycles. The van der Waals surface area contributed by atoms with Gasteiger partial charge in [-0.05, 0) is 17.7 Å². The molecule has 2 aliphatic heterocycles. The Bertz CT molecular complexity index is 1090. The Morgan fingerprint density at radius 2 is 1.85 bits per heavy atom. The first kappa shape index (κ1) is 22.5. The van der Waals surface area contributed by atoms with Crippen molar-refractivity contribution in [2.24, 2.45) is 0 Å². The molecule has 10 nitrogen and oxygen atoms in total. The molecular weight excluding hydrogens is 435 g/mol. The fourth-order valence-electron chi connectivity index (χ4n) is 3.65. The second-order valence-corrected chi connectivity index (χ2v) is 7.87. The van der Waals surface area contributed by atoms with Gasteiger partial charge in [0, 0.05) is 32.2 Å². The molecule has 0 radical (unpaired) electrons. The number of piperazine rings is 1. The van der Waals surface area contributed by atoms with Crippen LogP contribution in [0.15, 0.2) is 45.8 Å². The van der Waals surface area contributed by atoms with Gasteiger partial charge in [0.1, 0.15) is 30.5 Å². The highest BCUT2D eigenvalue weighted by Crippen LogP contribution is 2.13. The van der Waals surface area contributed by atoms with E-state index in [0.29, 0.717) is 38.5 Å². The molecule has 0 aliphatic carbocycles. The summed E-state index contributed by atoms with van der Waals surface area (Å²) in [5, 5.41) is 4.53. The van der Waals surface area contributed by atoms with E-state index in [9.17, 15) is 23.6 Å². The van der Waals surface area contributed by atoms with Crippen LogP contribution in [-0.4, -0.2) is 59.9 Å². The number of carbonyl (C=O) groups is 3. The number of benzene rings is 1. The normalized spacial score (nSPS) is 18.7. The van der Waals surface area contributed by atoms with Crippen LogP contribution in [0.2, 0.25) is 0 Å². The molecule has 3 heterocycles. The Labute approximate surface area is 188 Å². The summed E-state index contributed by atoms with van der Waals surface area (Å²) >= 11 is 0. The van der Waals surface area contributed by atoms with Crippen LogP contribution in [0.3, 0.4) is 0 Å². The molecule has 0 unspecified atom stereocenters. The van der Waals surface area contributed by atoms with E-state index < -0.39 is 18.0 Å². The fourth-order valence-corrected chi connectivity index (χ4v) is 3.65. The number of nitrogens with zero attached hydrogens (tertiary/aromatic N) is 2. The van der Waals surface area contributed by atoms with Crippen LogP contribution in [0.4, 0.5) is 9.18 Å². The van der Waals surface area contributed by atoms with E-state index in [2.05, 4.69) is 10.6 Å². The molecule has 4 amide bonds. The number of ether oxygens (including phenoxy) is 1. The molecule has 2 saturated heterocycles. The minimum absolute atomic E-state index is 0.0709. The van der Waals surface area contributed by atoms with Crippen molar-refractivity contribution in [1.29, 1.82) is 0 Å². The van der Waals surface area contributed by atoms with E-state index in [4.69, 9.17) is 9.15 Å². The molecule has 2 aliphatic rings. The largest absolute Gasteiger partial charge is 0.482 e. The number of urea groups is 1. The molecule has 0 saturated carbocycles. The number of amides is 4. The first-order chi connectivity index (χ1) is 15.9. The molecule has 1 atom stereocenters. The smallest absolute Gasteiger partial charge is 0.322 e. The Balaban J connectivity index is 1.24. The number of hydrogen-bond donors (Lipinski definition) is 2. The van der Waals surface area contributed by atoms with Gasteiger partial charge in [0.05, 0.1) is 13.0 Å². The van der Waals surface area contributed by atoms with Crippen molar-refractivity contribution in [2.45, 2.75) is 25.6 Å². The maximum atomic E-state index is 13.0. The first-order valence-corrected chi connectivity index (χ1v) is 10.5. The third kappa shape index (κ3) is 5.75. The highest BCUT2D eigenvalue weighted by atomic mass is 19.1. The number of rotatable bonds is 7. The van der Waals surface area contributed by atoms with Crippen LogP contribution in [0.1, 0.15) is 17.7 Å². The second kappa shape index (κ2) is 9.82. The molecule has 0 spiro atoms. The van der Waals surface area contributed by atoms with Crippen molar-refractivity contribution in [2.75, 3.05) is 26.2 Å². The van der Waals surface area contributed by atoms with Gasteiger partial charge in [-0.1, -0.05) is 12.1 Å². The molecule has 1 aromatic heterocycles. The van der Waals surface area contributed by atoms with Gasteiger partial charge in [-0.2, -0.15) is 0 Å². The summed E-state index contributed by atoms with van der Waals surface area (Å²) in [6, 6.07) is 5.75. The van der Waals surface area contributed by atoms with Gasteiger partial charge >= 0.3 is 6.03 Å². The monoisotopic (exact) mass is 458 g/mol. The number of carbonyl (C=O) groups excluding carboxylic acids is 3. The average molecular weight is 458 g/mol. The van der Waals surface area contributed by atoms with Crippen molar-refractivity contribution < 1.29 is 27.9 Å². The summed E-state index contributed by atoms with van der Waals surface area (Å²) in [6.07, 6.45) is 1.19. The van der Waals surface area contributed by atoms with Gasteiger partial charge in [-0.3, -0.25) is 24.6 Å². The predicted octanol–water partition coefficient (Wildman–Crippen LogP) is 0.600. The van der Waals surface area contributed by atoms with Gasteiger partial charge < -0.3 is 19.4 Å². The molecular formula is C22H23FN4O6. The summed E-state index contributed by atoms with van der Waals surface area (Å²) in [5.41, 5.74) is 0.410. The molecule has 174 valence electrons. The Morgan fingerprint density at radius 3 is 2.48 bits per heavy atom. The zero-order valence-electron chi connectivity index (χ0n) is 17.7. The third-order valence-electron chi connectivity index (χ3n) is 5.50. The van der Waals surface area contributed by atoms with Gasteiger partial charge in [0.15, 0.2) is 0 Å². The van der Waals surface area contributed by atoms with Gasteiger partial charge in [0.25, 0.3) is 5.91 Å². The van der Waals surface area contributed by atoms with Crippen molar-refractivity contribution in [3.05, 3.63) is 64.0 Å². The molecule has 33 heavy (non-hydrogen) atoms. The summed E-state index contributed by atoms with van der Waals surface area (Å²) in [4.78, 5) is 51.2. The molecule has 4 rings (SSSR count). The number of imide groups is 1. The summed E-state index contributed by atoms with van der Waals surface area (Å²) in [7, 11) is 0. The highest BCUT2D eigenvalue weighted by molar-refractivity contribution is 6.05. The van der Waals surface area contributed by atoms with Crippen molar-refractivity contribution >= 4 is 17.8 Å². The Kier molecular flexibility index (Phi) is 6.68. The fraction of sp³-hybridized carbons (Fsp3) is 0.364. The maximum absolute atomic E-state index is 13.0. The standard InChI is InChI=1S/C22H23FN4O6/c23-15-3-1-14(2-4-15)12-33-19-13-32-16(9-18(19)28)11-26-5-7-27(8-6-26)20(29)10-17-21(30)25-22(31)24-17/h1-4,9,13,17H,5-8,10-12H2,(H2,24,25,30,31)/t17-/m0/s1. The minimum atomic E-state index is -0.832. The maximum Gasteiger partial charge on any atom is 0.322 e. The Morgan fingerprint density at radius 1 is 1.12 bits per heavy atom. The van der Waals surface area contributed by atoms with E-state index in [0.717, 1.165) is 5.56 Å². The summed E-state index contributed by atoms with van der Waals surface area (Å²) in [5.74, 6) is -0.499. The molecule has 2 fully saturated rings. The lowest BCUT2D eigenvalue weighted by atomic mass is 10.1. The number of hydrogen-bond acceptors (Lipinski definition) is 7. The molecule has 2 N–H and O–H groups in total. The Hall–Kier alpha value is -3.73. The lowest BCUT2D eigenvalue weighted by Crippen LogP contribution is -2.49. The van der Waals surface area contributed by atoms with Crippen LogP contribution >= 0.6 is 0 Å². The van der Waals surface area contributed by atoms with E-state index in [-0.39, 0.29) is 35.9 Å². The SMILES string of the molecule is O=C1NC(=O)[C@H](CC(=O)N2CCN(Cc3cc(=O)c(OCc4ccc(F)cc4)co3)CC2)N1. The highest BCUT2D eigenvalue weighted by Gasteiger charge is 2.33.